The Labute approximate surface area is 152 Å². The molecule has 0 saturated heterocycles. The number of rotatable bonds is 4. The zero-order valence-electron chi connectivity index (χ0n) is 14.6. The van der Waals surface area contributed by atoms with E-state index in [0.29, 0.717) is 28.8 Å². The molecule has 0 radical (unpaired) electrons. The van der Waals surface area contributed by atoms with Crippen LogP contribution in [0.2, 0.25) is 0 Å². The predicted molar refractivity (Wildman–Crippen MR) is 101 cm³/mol. The highest BCUT2D eigenvalue weighted by Crippen LogP contribution is 2.43. The molecule has 2 aromatic rings. The first-order chi connectivity index (χ1) is 12.6. The molecule has 1 heterocycles. The van der Waals surface area contributed by atoms with Crippen molar-refractivity contribution in [2.24, 2.45) is 17.8 Å². The van der Waals surface area contributed by atoms with Crippen molar-refractivity contribution in [2.75, 3.05) is 10.6 Å². The van der Waals surface area contributed by atoms with Gasteiger partial charge in [-0.1, -0.05) is 18.2 Å². The van der Waals surface area contributed by atoms with E-state index in [1.807, 2.05) is 25.1 Å². The molecule has 2 aliphatic rings. The quantitative estimate of drug-likeness (QED) is 0.827. The normalized spacial score (nSPS) is 23.0. The number of hydrogen-bond acceptors (Lipinski definition) is 3. The van der Waals surface area contributed by atoms with Gasteiger partial charge in [0.15, 0.2) is 0 Å². The zero-order valence-corrected chi connectivity index (χ0v) is 14.6. The molecule has 1 aromatic heterocycles. The largest absolute Gasteiger partial charge is 0.326 e. The van der Waals surface area contributed by atoms with Crippen molar-refractivity contribution in [1.82, 2.24) is 4.98 Å². The third-order valence-corrected chi connectivity index (χ3v) is 5.31. The molecule has 3 unspecified atom stereocenters. The topological polar surface area (TPSA) is 71.1 Å². The predicted octanol–water partition coefficient (Wildman–Crippen LogP) is 3.79. The Morgan fingerprint density at radius 2 is 1.85 bits per heavy atom. The number of aromatic nitrogens is 1. The molecule has 2 amide bonds. The molecule has 3 atom stereocenters. The van der Waals surface area contributed by atoms with Gasteiger partial charge < -0.3 is 10.6 Å². The lowest BCUT2D eigenvalue weighted by molar-refractivity contribution is -0.120. The monoisotopic (exact) mass is 347 g/mol. The van der Waals surface area contributed by atoms with E-state index >= 15 is 0 Å². The van der Waals surface area contributed by atoms with Crippen molar-refractivity contribution >= 4 is 23.2 Å². The summed E-state index contributed by atoms with van der Waals surface area (Å²) in [6.45, 7) is 1.93. The second-order valence-corrected chi connectivity index (χ2v) is 7.10. The van der Waals surface area contributed by atoms with E-state index in [0.717, 1.165) is 18.4 Å². The summed E-state index contributed by atoms with van der Waals surface area (Å²) in [5, 5.41) is 5.92. The summed E-state index contributed by atoms with van der Waals surface area (Å²) in [5.74, 6) is 0.857. The average molecular weight is 347 g/mol. The Bertz CT molecular complexity index is 876. The number of nitrogens with zero attached hydrogens (tertiary/aromatic N) is 1. The number of aryl methyl sites for hydroxylation is 1. The molecule has 2 aliphatic carbocycles. The highest BCUT2D eigenvalue weighted by atomic mass is 16.2. The summed E-state index contributed by atoms with van der Waals surface area (Å²) < 4.78 is 0. The average Bonchev–Trinajstić information content (AvgIpc) is 3.28. The minimum atomic E-state index is -0.197. The molecular weight excluding hydrogens is 326 g/mol. The molecule has 5 nitrogen and oxygen atoms in total. The van der Waals surface area contributed by atoms with Crippen molar-refractivity contribution in [2.45, 2.75) is 19.8 Å². The van der Waals surface area contributed by atoms with E-state index in [1.54, 1.807) is 24.5 Å². The standard InChI is InChI=1S/C21H21N3O2/c1-13-2-5-17(23-21(26)18-11-14-3-4-16(18)10-14)12-19(13)24-20(25)15-6-8-22-9-7-15/h2-9,12,14,16,18H,10-11H2,1H3,(H,23,26)(H,24,25). The number of allylic oxidation sites excluding steroid dienone is 2. The first-order valence-electron chi connectivity index (χ1n) is 8.91. The smallest absolute Gasteiger partial charge is 0.255 e. The molecule has 1 saturated carbocycles. The van der Waals surface area contributed by atoms with Gasteiger partial charge in [0.25, 0.3) is 5.91 Å². The van der Waals surface area contributed by atoms with Gasteiger partial charge in [-0.25, -0.2) is 0 Å². The van der Waals surface area contributed by atoms with Gasteiger partial charge in [-0.05, 0) is 61.4 Å². The van der Waals surface area contributed by atoms with Gasteiger partial charge in [-0.2, -0.15) is 0 Å². The van der Waals surface area contributed by atoms with Crippen LogP contribution in [-0.4, -0.2) is 16.8 Å². The van der Waals surface area contributed by atoms with E-state index < -0.39 is 0 Å². The molecule has 2 N–H and O–H groups in total. The molecular formula is C21H21N3O2. The number of amides is 2. The Balaban J connectivity index is 1.47. The van der Waals surface area contributed by atoms with E-state index in [9.17, 15) is 9.59 Å². The number of fused-ring (bicyclic) bond motifs is 2. The summed E-state index contributed by atoms with van der Waals surface area (Å²) in [5.41, 5.74) is 2.88. The van der Waals surface area contributed by atoms with Crippen LogP contribution in [0.1, 0.15) is 28.8 Å². The minimum Gasteiger partial charge on any atom is -0.326 e. The zero-order chi connectivity index (χ0) is 18.1. The molecule has 0 aliphatic heterocycles. The van der Waals surface area contributed by atoms with Gasteiger partial charge in [-0.3, -0.25) is 14.6 Å². The first-order valence-corrected chi connectivity index (χ1v) is 8.91. The lowest BCUT2D eigenvalue weighted by atomic mass is 9.93. The van der Waals surface area contributed by atoms with Gasteiger partial charge in [0.2, 0.25) is 5.91 Å². The van der Waals surface area contributed by atoms with Crippen LogP contribution in [0.3, 0.4) is 0 Å². The fourth-order valence-electron chi connectivity index (χ4n) is 3.85. The van der Waals surface area contributed by atoms with Crippen LogP contribution in [0.4, 0.5) is 11.4 Å². The van der Waals surface area contributed by atoms with Gasteiger partial charge >= 0.3 is 0 Å². The van der Waals surface area contributed by atoms with Gasteiger partial charge in [0.05, 0.1) is 0 Å². The van der Waals surface area contributed by atoms with Gasteiger partial charge in [0, 0.05) is 35.2 Å². The molecule has 26 heavy (non-hydrogen) atoms. The van der Waals surface area contributed by atoms with Crippen LogP contribution >= 0.6 is 0 Å². The molecule has 0 spiro atoms. The van der Waals surface area contributed by atoms with E-state index in [4.69, 9.17) is 0 Å². The van der Waals surface area contributed by atoms with Crippen molar-refractivity contribution in [3.63, 3.8) is 0 Å². The summed E-state index contributed by atoms with van der Waals surface area (Å²) >= 11 is 0. The Kier molecular flexibility index (Phi) is 4.29. The number of benzene rings is 1. The molecule has 1 aromatic carbocycles. The number of anilines is 2. The van der Waals surface area contributed by atoms with Crippen molar-refractivity contribution in [3.8, 4) is 0 Å². The van der Waals surface area contributed by atoms with E-state index in [-0.39, 0.29) is 17.7 Å². The Morgan fingerprint density at radius 3 is 2.54 bits per heavy atom. The summed E-state index contributed by atoms with van der Waals surface area (Å²) in [4.78, 5) is 28.9. The second-order valence-electron chi connectivity index (χ2n) is 7.10. The highest BCUT2D eigenvalue weighted by molar-refractivity contribution is 6.05. The van der Waals surface area contributed by atoms with Gasteiger partial charge in [-0.15, -0.1) is 0 Å². The summed E-state index contributed by atoms with van der Waals surface area (Å²) in [6, 6.07) is 8.92. The molecule has 5 heteroatoms. The first kappa shape index (κ1) is 16.5. The third-order valence-electron chi connectivity index (χ3n) is 5.31. The Hall–Kier alpha value is -2.95. The summed E-state index contributed by atoms with van der Waals surface area (Å²) in [7, 11) is 0. The molecule has 4 rings (SSSR count). The third kappa shape index (κ3) is 3.25. The minimum absolute atomic E-state index is 0.0566. The number of nitrogens with one attached hydrogen (secondary N) is 2. The lowest BCUT2D eigenvalue weighted by Gasteiger charge is -2.18. The van der Waals surface area contributed by atoms with Crippen LogP contribution in [0.15, 0.2) is 54.9 Å². The maximum absolute atomic E-state index is 12.6. The lowest BCUT2D eigenvalue weighted by Crippen LogP contribution is -2.26. The maximum atomic E-state index is 12.6. The van der Waals surface area contributed by atoms with Crippen LogP contribution in [0.5, 0.6) is 0 Å². The number of carbonyl (C=O) groups excluding carboxylic acids is 2. The van der Waals surface area contributed by atoms with E-state index in [1.165, 1.54) is 0 Å². The fourth-order valence-corrected chi connectivity index (χ4v) is 3.85. The van der Waals surface area contributed by atoms with E-state index in [2.05, 4.69) is 27.8 Å². The highest BCUT2D eigenvalue weighted by Gasteiger charge is 2.39. The number of carbonyl (C=O) groups is 2. The van der Waals surface area contributed by atoms with Crippen molar-refractivity contribution < 1.29 is 9.59 Å². The Morgan fingerprint density at radius 1 is 1.04 bits per heavy atom. The SMILES string of the molecule is Cc1ccc(NC(=O)C2CC3C=CC2C3)cc1NC(=O)c1ccncc1. The molecule has 132 valence electrons. The molecule has 2 bridgehead atoms. The van der Waals surface area contributed by atoms with Crippen molar-refractivity contribution in [1.29, 1.82) is 0 Å². The second kappa shape index (κ2) is 6.75. The number of pyridine rings is 1. The molecule has 1 fully saturated rings. The van der Waals surface area contributed by atoms with Crippen LogP contribution in [0.25, 0.3) is 0 Å². The van der Waals surface area contributed by atoms with Crippen LogP contribution in [-0.2, 0) is 4.79 Å². The van der Waals surface area contributed by atoms with Crippen LogP contribution < -0.4 is 10.6 Å². The van der Waals surface area contributed by atoms with Crippen molar-refractivity contribution in [3.05, 3.63) is 66.0 Å². The number of hydrogen-bond donors (Lipinski definition) is 2. The van der Waals surface area contributed by atoms with Crippen LogP contribution in [0, 0.1) is 24.7 Å². The maximum Gasteiger partial charge on any atom is 0.255 e. The van der Waals surface area contributed by atoms with Gasteiger partial charge in [0.1, 0.15) is 0 Å². The summed E-state index contributed by atoms with van der Waals surface area (Å²) in [6.07, 6.45) is 9.61. The fraction of sp³-hybridized carbons (Fsp3) is 0.286.